The van der Waals surface area contributed by atoms with E-state index >= 15 is 0 Å². The van der Waals surface area contributed by atoms with Crippen molar-refractivity contribution in [1.82, 2.24) is 4.90 Å². The van der Waals surface area contributed by atoms with Gasteiger partial charge in [0, 0.05) is 25.3 Å². The van der Waals surface area contributed by atoms with Crippen LogP contribution in [-0.2, 0) is 4.74 Å². The Morgan fingerprint density at radius 3 is 2.47 bits per heavy atom. The third-order valence-corrected chi connectivity index (χ3v) is 4.62. The van der Waals surface area contributed by atoms with Crippen molar-refractivity contribution >= 4 is 0 Å². The zero-order valence-corrected chi connectivity index (χ0v) is 11.2. The molecule has 0 amide bonds. The quantitative estimate of drug-likeness (QED) is 0.817. The van der Waals surface area contributed by atoms with Crippen molar-refractivity contribution in [3.8, 4) is 0 Å². The van der Waals surface area contributed by atoms with Crippen molar-refractivity contribution in [2.45, 2.75) is 57.5 Å². The fourth-order valence-electron chi connectivity index (χ4n) is 3.68. The maximum Gasteiger partial charge on any atom is 0.0480 e. The lowest BCUT2D eigenvalue weighted by Gasteiger charge is -2.44. The molecule has 0 aromatic rings. The molecule has 2 aliphatic rings. The van der Waals surface area contributed by atoms with Gasteiger partial charge in [-0.05, 0) is 44.7 Å². The highest BCUT2D eigenvalue weighted by Crippen LogP contribution is 2.30. The van der Waals surface area contributed by atoms with Gasteiger partial charge in [-0.15, -0.1) is 0 Å². The largest absolute Gasteiger partial charge is 0.381 e. The highest BCUT2D eigenvalue weighted by molar-refractivity contribution is 4.87. The SMILES string of the molecule is CCN(C1CCOCC1)C1CCCCC1CN. The standard InChI is InChI=1S/C14H28N2O/c1-2-16(13-7-9-17-10-8-13)14-6-4-3-5-12(14)11-15/h12-14H,2-11,15H2,1H3. The van der Waals surface area contributed by atoms with Crippen LogP contribution in [0.15, 0.2) is 0 Å². The van der Waals surface area contributed by atoms with Crippen molar-refractivity contribution in [2.24, 2.45) is 11.7 Å². The maximum atomic E-state index is 5.96. The van der Waals surface area contributed by atoms with Gasteiger partial charge in [0.2, 0.25) is 0 Å². The minimum Gasteiger partial charge on any atom is -0.381 e. The Labute approximate surface area is 106 Å². The van der Waals surface area contributed by atoms with E-state index in [2.05, 4.69) is 11.8 Å². The third-order valence-electron chi connectivity index (χ3n) is 4.62. The Morgan fingerprint density at radius 2 is 1.82 bits per heavy atom. The predicted molar refractivity (Wildman–Crippen MR) is 71.0 cm³/mol. The first kappa shape index (κ1) is 13.3. The van der Waals surface area contributed by atoms with Gasteiger partial charge in [-0.2, -0.15) is 0 Å². The normalized spacial score (nSPS) is 31.9. The zero-order valence-electron chi connectivity index (χ0n) is 11.2. The molecule has 17 heavy (non-hydrogen) atoms. The molecule has 1 aliphatic carbocycles. The van der Waals surface area contributed by atoms with Gasteiger partial charge in [0.25, 0.3) is 0 Å². The number of ether oxygens (including phenoxy) is 1. The van der Waals surface area contributed by atoms with Crippen LogP contribution in [0.1, 0.15) is 45.4 Å². The van der Waals surface area contributed by atoms with Gasteiger partial charge in [-0.1, -0.05) is 19.8 Å². The van der Waals surface area contributed by atoms with Crippen LogP contribution >= 0.6 is 0 Å². The summed E-state index contributed by atoms with van der Waals surface area (Å²) in [6.45, 7) is 6.23. The second kappa shape index (κ2) is 6.72. The Kier molecular flexibility index (Phi) is 5.26. The number of hydrogen-bond donors (Lipinski definition) is 1. The van der Waals surface area contributed by atoms with Crippen molar-refractivity contribution < 1.29 is 4.74 Å². The van der Waals surface area contributed by atoms with Gasteiger partial charge in [0.1, 0.15) is 0 Å². The molecular weight excluding hydrogens is 212 g/mol. The van der Waals surface area contributed by atoms with Crippen LogP contribution in [0.4, 0.5) is 0 Å². The summed E-state index contributed by atoms with van der Waals surface area (Å²) in [5.74, 6) is 0.728. The van der Waals surface area contributed by atoms with Crippen LogP contribution in [0, 0.1) is 5.92 Å². The van der Waals surface area contributed by atoms with Crippen LogP contribution in [-0.4, -0.2) is 43.3 Å². The van der Waals surface area contributed by atoms with Crippen LogP contribution in [0.25, 0.3) is 0 Å². The fourth-order valence-corrected chi connectivity index (χ4v) is 3.68. The Hall–Kier alpha value is -0.120. The second-order valence-corrected chi connectivity index (χ2v) is 5.52. The molecule has 3 nitrogen and oxygen atoms in total. The van der Waals surface area contributed by atoms with Crippen molar-refractivity contribution in [3.05, 3.63) is 0 Å². The second-order valence-electron chi connectivity index (χ2n) is 5.52. The van der Waals surface area contributed by atoms with E-state index in [0.717, 1.165) is 37.8 Å². The summed E-state index contributed by atoms with van der Waals surface area (Å²) in [5.41, 5.74) is 5.96. The molecule has 100 valence electrons. The van der Waals surface area contributed by atoms with E-state index in [1.165, 1.54) is 45.1 Å². The van der Waals surface area contributed by atoms with Crippen LogP contribution < -0.4 is 5.73 Å². The van der Waals surface area contributed by atoms with E-state index < -0.39 is 0 Å². The van der Waals surface area contributed by atoms with E-state index in [1.807, 2.05) is 0 Å². The Bertz CT molecular complexity index is 216. The average molecular weight is 240 g/mol. The lowest BCUT2D eigenvalue weighted by atomic mass is 9.82. The van der Waals surface area contributed by atoms with Crippen molar-refractivity contribution in [2.75, 3.05) is 26.3 Å². The Balaban J connectivity index is 1.99. The summed E-state index contributed by atoms with van der Waals surface area (Å²) in [5, 5.41) is 0. The topological polar surface area (TPSA) is 38.5 Å². The number of hydrogen-bond acceptors (Lipinski definition) is 3. The fraction of sp³-hybridized carbons (Fsp3) is 1.00. The van der Waals surface area contributed by atoms with Gasteiger partial charge >= 0.3 is 0 Å². The third kappa shape index (κ3) is 3.21. The number of nitrogens with zero attached hydrogens (tertiary/aromatic N) is 1. The molecule has 1 aliphatic heterocycles. The van der Waals surface area contributed by atoms with Gasteiger partial charge in [0.15, 0.2) is 0 Å². The summed E-state index contributed by atoms with van der Waals surface area (Å²) in [6.07, 6.45) is 7.88. The molecule has 0 aromatic carbocycles. The van der Waals surface area contributed by atoms with Gasteiger partial charge < -0.3 is 10.5 Å². The summed E-state index contributed by atoms with van der Waals surface area (Å²) in [6, 6.07) is 1.48. The van der Waals surface area contributed by atoms with Crippen LogP contribution in [0.5, 0.6) is 0 Å². The van der Waals surface area contributed by atoms with Gasteiger partial charge in [-0.3, -0.25) is 4.90 Å². The number of rotatable bonds is 4. The molecule has 0 bridgehead atoms. The first-order chi connectivity index (χ1) is 8.36. The molecule has 1 heterocycles. The molecule has 2 unspecified atom stereocenters. The lowest BCUT2D eigenvalue weighted by Crippen LogP contribution is -2.51. The van der Waals surface area contributed by atoms with E-state index in [9.17, 15) is 0 Å². The number of nitrogens with two attached hydrogens (primary N) is 1. The monoisotopic (exact) mass is 240 g/mol. The van der Waals surface area contributed by atoms with Gasteiger partial charge in [0.05, 0.1) is 0 Å². The minimum absolute atomic E-state index is 0.728. The summed E-state index contributed by atoms with van der Waals surface area (Å²) in [7, 11) is 0. The molecule has 1 saturated carbocycles. The highest BCUT2D eigenvalue weighted by atomic mass is 16.5. The summed E-state index contributed by atoms with van der Waals surface area (Å²) < 4.78 is 5.48. The summed E-state index contributed by atoms with van der Waals surface area (Å²) in [4.78, 5) is 2.74. The minimum atomic E-state index is 0.728. The van der Waals surface area contributed by atoms with E-state index in [1.54, 1.807) is 0 Å². The molecule has 2 rings (SSSR count). The molecule has 2 fully saturated rings. The molecule has 2 N–H and O–H groups in total. The Morgan fingerprint density at radius 1 is 1.12 bits per heavy atom. The molecule has 0 radical (unpaired) electrons. The molecule has 0 aromatic heterocycles. The predicted octanol–water partition coefficient (Wildman–Crippen LogP) is 2.00. The zero-order chi connectivity index (χ0) is 12.1. The molecule has 1 saturated heterocycles. The highest BCUT2D eigenvalue weighted by Gasteiger charge is 2.32. The van der Waals surface area contributed by atoms with Crippen LogP contribution in [0.3, 0.4) is 0 Å². The maximum absolute atomic E-state index is 5.96. The van der Waals surface area contributed by atoms with E-state index in [0.29, 0.717) is 0 Å². The molecular formula is C14H28N2O. The van der Waals surface area contributed by atoms with Gasteiger partial charge in [-0.25, -0.2) is 0 Å². The average Bonchev–Trinajstić information content (AvgIpc) is 2.41. The van der Waals surface area contributed by atoms with E-state index in [-0.39, 0.29) is 0 Å². The van der Waals surface area contributed by atoms with Crippen molar-refractivity contribution in [1.29, 1.82) is 0 Å². The first-order valence-electron chi connectivity index (χ1n) is 7.40. The smallest absolute Gasteiger partial charge is 0.0480 e. The van der Waals surface area contributed by atoms with Crippen LogP contribution in [0.2, 0.25) is 0 Å². The van der Waals surface area contributed by atoms with Crippen molar-refractivity contribution in [3.63, 3.8) is 0 Å². The summed E-state index contributed by atoms with van der Waals surface area (Å²) >= 11 is 0. The molecule has 2 atom stereocenters. The lowest BCUT2D eigenvalue weighted by molar-refractivity contribution is -0.00185. The molecule has 3 heteroatoms. The molecule has 0 spiro atoms. The van der Waals surface area contributed by atoms with E-state index in [4.69, 9.17) is 10.5 Å². The first-order valence-corrected chi connectivity index (χ1v) is 7.40.